The summed E-state index contributed by atoms with van der Waals surface area (Å²) in [6.07, 6.45) is 1.89. The molecule has 5 heteroatoms. The normalized spacial score (nSPS) is 19.2. The van der Waals surface area contributed by atoms with Crippen LogP contribution >= 0.6 is 0 Å². The predicted octanol–water partition coefficient (Wildman–Crippen LogP) is -0.696. The summed E-state index contributed by atoms with van der Waals surface area (Å²) >= 11 is 0. The van der Waals surface area contributed by atoms with E-state index in [0.717, 1.165) is 12.8 Å². The molecule has 1 rings (SSSR count). The van der Waals surface area contributed by atoms with Gasteiger partial charge in [-0.1, -0.05) is 13.8 Å². The first-order valence-corrected chi connectivity index (χ1v) is 5.44. The van der Waals surface area contributed by atoms with Crippen molar-refractivity contribution in [3.05, 3.63) is 0 Å². The topological polar surface area (TPSA) is 99.9 Å². The maximum Gasteiger partial charge on any atom is 0.291 e. The summed E-state index contributed by atoms with van der Waals surface area (Å²) in [5, 5.41) is 17.6. The molecule has 1 aliphatic heterocycles. The van der Waals surface area contributed by atoms with Gasteiger partial charge in [0.25, 0.3) is 5.84 Å². The zero-order chi connectivity index (χ0) is 12.1. The van der Waals surface area contributed by atoms with Gasteiger partial charge in [0.15, 0.2) is 17.8 Å². The molecule has 0 bridgehead atoms. The highest BCUT2D eigenvalue weighted by molar-refractivity contribution is 6.41. The van der Waals surface area contributed by atoms with E-state index in [1.165, 1.54) is 0 Å². The first-order chi connectivity index (χ1) is 7.67. The van der Waals surface area contributed by atoms with Gasteiger partial charge in [-0.25, -0.2) is 4.99 Å². The number of aliphatic imine (C=N–C) groups is 1. The summed E-state index contributed by atoms with van der Waals surface area (Å²) in [5.74, 6) is -0.119. The van der Waals surface area contributed by atoms with Gasteiger partial charge in [-0.3, -0.25) is 10.7 Å². The maximum absolute atomic E-state index is 8.79. The molecular formula is C11H16N5+. The average Bonchev–Trinajstić information content (AvgIpc) is 2.65. The van der Waals surface area contributed by atoms with Crippen LogP contribution in [0.4, 0.5) is 0 Å². The Hall–Kier alpha value is -1.88. The van der Waals surface area contributed by atoms with Crippen LogP contribution in [0.25, 0.3) is 0 Å². The average molecular weight is 218 g/mol. The van der Waals surface area contributed by atoms with Crippen LogP contribution in [0.3, 0.4) is 0 Å². The highest BCUT2D eigenvalue weighted by atomic mass is 15.1. The maximum atomic E-state index is 8.79. The van der Waals surface area contributed by atoms with Crippen molar-refractivity contribution < 1.29 is 4.99 Å². The van der Waals surface area contributed by atoms with Gasteiger partial charge in [-0.2, -0.15) is 10.5 Å². The number of rotatable bonds is 4. The van der Waals surface area contributed by atoms with Crippen LogP contribution in [0, 0.1) is 34.5 Å². The second-order valence-corrected chi connectivity index (χ2v) is 3.78. The van der Waals surface area contributed by atoms with E-state index in [1.54, 1.807) is 0 Å². The molecule has 84 valence electrons. The molecule has 3 N–H and O–H groups in total. The monoisotopic (exact) mass is 218 g/mol. The first kappa shape index (κ1) is 12.2. The fraction of sp³-hybridized carbons (Fsp3) is 0.636. The number of nitriles is 2. The highest BCUT2D eigenvalue weighted by Crippen LogP contribution is 2.14. The summed E-state index contributed by atoms with van der Waals surface area (Å²) in [5.41, 5.74) is 6.13. The molecule has 0 saturated carbocycles. The third-order valence-corrected chi connectivity index (χ3v) is 2.88. The second kappa shape index (κ2) is 5.27. The summed E-state index contributed by atoms with van der Waals surface area (Å²) in [7, 11) is 0. The number of hydrogen-bond donors (Lipinski definition) is 2. The molecule has 0 amide bonds. The summed E-state index contributed by atoms with van der Waals surface area (Å²) in [4.78, 5) is 7.40. The first-order valence-electron chi connectivity index (χ1n) is 5.44. The van der Waals surface area contributed by atoms with Gasteiger partial charge in [-0.15, -0.1) is 0 Å². The molecule has 0 radical (unpaired) electrons. The lowest BCUT2D eigenvalue weighted by Crippen LogP contribution is -2.80. The lowest BCUT2D eigenvalue weighted by Gasteiger charge is -2.12. The Bertz CT molecular complexity index is 378. The smallest absolute Gasteiger partial charge is 0.286 e. The third-order valence-electron chi connectivity index (χ3n) is 2.88. The molecule has 0 aromatic rings. The second-order valence-electron chi connectivity index (χ2n) is 3.78. The van der Waals surface area contributed by atoms with Gasteiger partial charge >= 0.3 is 0 Å². The molecule has 0 unspecified atom stereocenters. The van der Waals surface area contributed by atoms with Crippen LogP contribution in [-0.2, 0) is 0 Å². The van der Waals surface area contributed by atoms with E-state index in [4.69, 9.17) is 16.3 Å². The molecular weight excluding hydrogens is 202 g/mol. The van der Waals surface area contributed by atoms with Gasteiger partial charge < -0.3 is 0 Å². The quantitative estimate of drug-likeness (QED) is 0.652. The highest BCUT2D eigenvalue weighted by Gasteiger charge is 2.33. The Balaban J connectivity index is 2.93. The van der Waals surface area contributed by atoms with Gasteiger partial charge in [-0.05, 0) is 12.8 Å². The van der Waals surface area contributed by atoms with Crippen molar-refractivity contribution in [3.63, 3.8) is 0 Å². The number of nitrogens with one attached hydrogen (secondary N) is 1. The standard InChI is InChI=1S/C11H15N5/c1-3-7(4-2)11-15-9(10(14)16-11)8(5-12)6-13/h7-8,11H,3-4H2,1-2H3,(H2,14,16)/p+1/t11-/m0/s1. The molecule has 0 fully saturated rings. The molecule has 0 spiro atoms. The van der Waals surface area contributed by atoms with Gasteiger partial charge in [0, 0.05) is 5.92 Å². The molecule has 0 aliphatic carbocycles. The van der Waals surface area contributed by atoms with Crippen molar-refractivity contribution in [3.8, 4) is 12.1 Å². The predicted molar refractivity (Wildman–Crippen MR) is 60.2 cm³/mol. The third kappa shape index (κ3) is 2.20. The molecule has 1 aliphatic rings. The molecule has 0 saturated heterocycles. The Morgan fingerprint density at radius 2 is 1.94 bits per heavy atom. The number of nitrogens with zero attached hydrogens (tertiary/aromatic N) is 3. The van der Waals surface area contributed by atoms with Gasteiger partial charge in [0.2, 0.25) is 0 Å². The lowest BCUT2D eigenvalue weighted by molar-refractivity contribution is -0.506. The SMILES string of the molecule is CCC(CC)[C@H]1N=C(C(C#N)C#N)C(N)=[NH+]1. The summed E-state index contributed by atoms with van der Waals surface area (Å²) in [6.45, 7) is 4.18. The van der Waals surface area contributed by atoms with Crippen LogP contribution in [0.15, 0.2) is 4.99 Å². The summed E-state index contributed by atoms with van der Waals surface area (Å²) < 4.78 is 0. The van der Waals surface area contributed by atoms with Crippen molar-refractivity contribution in [1.82, 2.24) is 0 Å². The van der Waals surface area contributed by atoms with E-state index in [0.29, 0.717) is 17.5 Å². The Morgan fingerprint density at radius 1 is 1.38 bits per heavy atom. The minimum atomic E-state index is -0.869. The van der Waals surface area contributed by atoms with E-state index in [2.05, 4.69) is 23.8 Å². The zero-order valence-corrected chi connectivity index (χ0v) is 9.57. The number of nitrogens with two attached hydrogens (primary N) is 1. The molecule has 16 heavy (non-hydrogen) atoms. The molecule has 1 atom stereocenters. The van der Waals surface area contributed by atoms with Crippen molar-refractivity contribution in [1.29, 1.82) is 10.5 Å². The minimum Gasteiger partial charge on any atom is -0.286 e. The van der Waals surface area contributed by atoms with Gasteiger partial charge in [0.05, 0.1) is 12.1 Å². The van der Waals surface area contributed by atoms with E-state index >= 15 is 0 Å². The van der Waals surface area contributed by atoms with Crippen LogP contribution in [-0.4, -0.2) is 17.7 Å². The van der Waals surface area contributed by atoms with E-state index in [1.807, 2.05) is 12.1 Å². The van der Waals surface area contributed by atoms with E-state index < -0.39 is 5.92 Å². The Labute approximate surface area is 95.3 Å². The van der Waals surface area contributed by atoms with Crippen molar-refractivity contribution in [2.45, 2.75) is 32.9 Å². The van der Waals surface area contributed by atoms with E-state index in [-0.39, 0.29) is 6.17 Å². The molecule has 5 nitrogen and oxygen atoms in total. The van der Waals surface area contributed by atoms with E-state index in [9.17, 15) is 0 Å². The fourth-order valence-electron chi connectivity index (χ4n) is 1.82. The number of hydrogen-bond acceptors (Lipinski definition) is 4. The number of amidine groups is 1. The Kier molecular flexibility index (Phi) is 4.02. The van der Waals surface area contributed by atoms with Crippen molar-refractivity contribution in [2.24, 2.45) is 22.6 Å². The molecule has 0 aromatic heterocycles. The minimum absolute atomic E-state index is 0.0887. The van der Waals surface area contributed by atoms with Crippen LogP contribution in [0.1, 0.15) is 26.7 Å². The molecule has 1 heterocycles. The van der Waals surface area contributed by atoms with Crippen LogP contribution < -0.4 is 10.7 Å². The van der Waals surface area contributed by atoms with Crippen molar-refractivity contribution >= 4 is 11.5 Å². The fourth-order valence-corrected chi connectivity index (χ4v) is 1.82. The Morgan fingerprint density at radius 3 is 2.38 bits per heavy atom. The molecule has 0 aromatic carbocycles. The van der Waals surface area contributed by atoms with Crippen molar-refractivity contribution in [2.75, 3.05) is 0 Å². The summed E-state index contributed by atoms with van der Waals surface area (Å²) in [6, 6.07) is 3.77. The lowest BCUT2D eigenvalue weighted by atomic mass is 10.0. The van der Waals surface area contributed by atoms with Gasteiger partial charge in [0.1, 0.15) is 0 Å². The zero-order valence-electron chi connectivity index (χ0n) is 9.57. The van der Waals surface area contributed by atoms with Crippen LogP contribution in [0.2, 0.25) is 0 Å². The largest absolute Gasteiger partial charge is 0.291 e. The van der Waals surface area contributed by atoms with Crippen LogP contribution in [0.5, 0.6) is 0 Å².